The molecule has 1 aliphatic rings. The second kappa shape index (κ2) is 5.45. The summed E-state index contributed by atoms with van der Waals surface area (Å²) in [6, 6.07) is 6.72. The van der Waals surface area contributed by atoms with Crippen LogP contribution in [0.2, 0.25) is 0 Å². The van der Waals surface area contributed by atoms with Crippen molar-refractivity contribution >= 4 is 16.8 Å². The van der Waals surface area contributed by atoms with E-state index in [2.05, 4.69) is 49.3 Å². The Morgan fingerprint density at radius 1 is 1.32 bits per heavy atom. The lowest BCUT2D eigenvalue weighted by Gasteiger charge is -2.11. The molecule has 3 rings (SSSR count). The zero-order chi connectivity index (χ0) is 15.9. The van der Waals surface area contributed by atoms with E-state index in [0.29, 0.717) is 12.5 Å². The van der Waals surface area contributed by atoms with Gasteiger partial charge >= 0.3 is 0 Å². The topological polar surface area (TPSA) is 44.9 Å². The van der Waals surface area contributed by atoms with Crippen molar-refractivity contribution in [3.63, 3.8) is 0 Å². The van der Waals surface area contributed by atoms with Gasteiger partial charge in [-0.3, -0.25) is 4.79 Å². The van der Waals surface area contributed by atoms with Gasteiger partial charge in [-0.25, -0.2) is 0 Å². The van der Waals surface area contributed by atoms with Crippen LogP contribution < -0.4 is 5.32 Å². The average molecular weight is 298 g/mol. The van der Waals surface area contributed by atoms with E-state index < -0.39 is 0 Å². The Bertz CT molecular complexity index is 708. The minimum atomic E-state index is -0.105. The van der Waals surface area contributed by atoms with Gasteiger partial charge in [0.15, 0.2) is 0 Å². The number of H-pyrrole nitrogens is 1. The number of aromatic amines is 1. The molecular weight excluding hydrogens is 272 g/mol. The highest BCUT2D eigenvalue weighted by atomic mass is 16.2. The number of nitrogens with one attached hydrogen (secondary N) is 2. The van der Waals surface area contributed by atoms with E-state index >= 15 is 0 Å². The van der Waals surface area contributed by atoms with Crippen molar-refractivity contribution in [3.05, 3.63) is 35.0 Å². The van der Waals surface area contributed by atoms with Gasteiger partial charge in [0, 0.05) is 22.0 Å². The first-order valence-electron chi connectivity index (χ1n) is 8.35. The summed E-state index contributed by atoms with van der Waals surface area (Å²) in [5.41, 5.74) is 4.98. The van der Waals surface area contributed by atoms with Crippen molar-refractivity contribution in [1.29, 1.82) is 0 Å². The van der Waals surface area contributed by atoms with E-state index in [0.717, 1.165) is 25.0 Å². The molecule has 3 heteroatoms. The number of fused-ring (bicyclic) bond motifs is 1. The van der Waals surface area contributed by atoms with E-state index in [1.165, 1.54) is 22.0 Å². The van der Waals surface area contributed by atoms with Crippen LogP contribution in [0.4, 0.5) is 0 Å². The Kier molecular flexibility index (Phi) is 3.75. The summed E-state index contributed by atoms with van der Waals surface area (Å²) in [7, 11) is 0. The molecule has 0 aliphatic heterocycles. The molecule has 1 amide bonds. The lowest BCUT2D eigenvalue weighted by Crippen LogP contribution is -2.29. The molecule has 2 aromatic rings. The standard InChI is InChI=1S/C19H26N2O/c1-5-13-10-17-14(9-16(13)12(2)3)8-15(21-17)11-20-18(22)19(4)6-7-19/h8-10,12,21H,5-7,11H2,1-4H3,(H,20,22). The summed E-state index contributed by atoms with van der Waals surface area (Å²) < 4.78 is 0. The number of benzene rings is 1. The summed E-state index contributed by atoms with van der Waals surface area (Å²) in [6.07, 6.45) is 3.08. The van der Waals surface area contributed by atoms with Gasteiger partial charge < -0.3 is 10.3 Å². The van der Waals surface area contributed by atoms with Gasteiger partial charge in [-0.05, 0) is 54.5 Å². The zero-order valence-corrected chi connectivity index (χ0v) is 14.0. The lowest BCUT2D eigenvalue weighted by atomic mass is 9.94. The van der Waals surface area contributed by atoms with Crippen LogP contribution in [-0.2, 0) is 17.8 Å². The van der Waals surface area contributed by atoms with Crippen LogP contribution in [0.3, 0.4) is 0 Å². The van der Waals surface area contributed by atoms with Gasteiger partial charge in [-0.15, -0.1) is 0 Å². The number of aromatic nitrogens is 1. The first kappa shape index (κ1) is 15.1. The second-order valence-electron chi connectivity index (χ2n) is 7.18. The van der Waals surface area contributed by atoms with E-state index in [-0.39, 0.29) is 11.3 Å². The highest BCUT2D eigenvalue weighted by Gasteiger charge is 2.44. The van der Waals surface area contributed by atoms with Gasteiger partial charge in [0.2, 0.25) is 5.91 Å². The van der Waals surface area contributed by atoms with Crippen molar-refractivity contribution in [3.8, 4) is 0 Å². The van der Waals surface area contributed by atoms with Gasteiger partial charge in [-0.1, -0.05) is 27.7 Å². The van der Waals surface area contributed by atoms with Gasteiger partial charge in [0.25, 0.3) is 0 Å². The maximum Gasteiger partial charge on any atom is 0.226 e. The molecule has 1 aromatic heterocycles. The van der Waals surface area contributed by atoms with Gasteiger partial charge in [0.1, 0.15) is 0 Å². The van der Waals surface area contributed by atoms with Crippen LogP contribution in [0.5, 0.6) is 0 Å². The van der Waals surface area contributed by atoms with Crippen LogP contribution >= 0.6 is 0 Å². The third kappa shape index (κ3) is 2.77. The number of aryl methyl sites for hydroxylation is 1. The van der Waals surface area contributed by atoms with Crippen LogP contribution in [0.25, 0.3) is 10.9 Å². The molecule has 0 spiro atoms. The molecule has 1 aromatic carbocycles. The number of rotatable bonds is 5. The Labute approximate surface area is 132 Å². The van der Waals surface area contributed by atoms with Crippen LogP contribution in [-0.4, -0.2) is 10.9 Å². The molecule has 1 fully saturated rings. The predicted molar refractivity (Wildman–Crippen MR) is 91.0 cm³/mol. The Hall–Kier alpha value is -1.77. The van der Waals surface area contributed by atoms with Crippen molar-refractivity contribution in [2.75, 3.05) is 0 Å². The van der Waals surface area contributed by atoms with Crippen LogP contribution in [0.15, 0.2) is 18.2 Å². The number of amides is 1. The zero-order valence-electron chi connectivity index (χ0n) is 14.0. The summed E-state index contributed by atoms with van der Waals surface area (Å²) in [5.74, 6) is 0.718. The molecule has 1 aliphatic carbocycles. The largest absolute Gasteiger partial charge is 0.357 e. The summed E-state index contributed by atoms with van der Waals surface area (Å²) in [4.78, 5) is 15.5. The fourth-order valence-corrected chi connectivity index (χ4v) is 3.05. The van der Waals surface area contributed by atoms with Crippen molar-refractivity contribution in [2.45, 2.75) is 59.4 Å². The summed E-state index contributed by atoms with van der Waals surface area (Å²) >= 11 is 0. The molecule has 1 heterocycles. The maximum absolute atomic E-state index is 12.0. The monoisotopic (exact) mass is 298 g/mol. The fraction of sp³-hybridized carbons (Fsp3) is 0.526. The molecule has 0 unspecified atom stereocenters. The number of carbonyl (C=O) groups excluding carboxylic acids is 1. The molecule has 118 valence electrons. The summed E-state index contributed by atoms with van der Waals surface area (Å²) in [5, 5.41) is 4.30. The average Bonchev–Trinajstić information content (AvgIpc) is 3.12. The molecule has 22 heavy (non-hydrogen) atoms. The molecule has 3 nitrogen and oxygen atoms in total. The van der Waals surface area contributed by atoms with E-state index in [9.17, 15) is 4.79 Å². The Morgan fingerprint density at radius 3 is 2.64 bits per heavy atom. The van der Waals surface area contributed by atoms with Crippen molar-refractivity contribution < 1.29 is 4.79 Å². The number of hydrogen-bond donors (Lipinski definition) is 2. The molecule has 0 radical (unpaired) electrons. The predicted octanol–water partition coefficient (Wildman–Crippen LogP) is 4.27. The number of carbonyl (C=O) groups is 1. The Morgan fingerprint density at radius 2 is 2.05 bits per heavy atom. The molecule has 0 atom stereocenters. The molecule has 0 bridgehead atoms. The minimum absolute atomic E-state index is 0.105. The SMILES string of the molecule is CCc1cc2[nH]c(CNC(=O)C3(C)CC3)cc2cc1C(C)C. The van der Waals surface area contributed by atoms with Gasteiger partial charge in [0.05, 0.1) is 6.54 Å². The third-order valence-electron chi connectivity index (χ3n) is 4.93. The van der Waals surface area contributed by atoms with E-state index in [1.54, 1.807) is 0 Å². The second-order valence-corrected chi connectivity index (χ2v) is 7.18. The first-order valence-corrected chi connectivity index (χ1v) is 8.35. The van der Waals surface area contributed by atoms with E-state index in [4.69, 9.17) is 0 Å². The van der Waals surface area contributed by atoms with Gasteiger partial charge in [-0.2, -0.15) is 0 Å². The molecular formula is C19H26N2O. The molecule has 1 saturated carbocycles. The summed E-state index contributed by atoms with van der Waals surface area (Å²) in [6.45, 7) is 9.31. The lowest BCUT2D eigenvalue weighted by molar-refractivity contribution is -0.125. The Balaban J connectivity index is 1.81. The minimum Gasteiger partial charge on any atom is -0.357 e. The molecule has 2 N–H and O–H groups in total. The third-order valence-corrected chi connectivity index (χ3v) is 4.93. The molecule has 0 saturated heterocycles. The number of hydrogen-bond acceptors (Lipinski definition) is 1. The van der Waals surface area contributed by atoms with E-state index in [1.807, 2.05) is 6.92 Å². The van der Waals surface area contributed by atoms with Crippen molar-refractivity contribution in [2.24, 2.45) is 5.41 Å². The maximum atomic E-state index is 12.0. The fourth-order valence-electron chi connectivity index (χ4n) is 3.05. The van der Waals surface area contributed by atoms with Crippen LogP contribution in [0.1, 0.15) is 63.3 Å². The van der Waals surface area contributed by atoms with Crippen LogP contribution in [0, 0.1) is 5.41 Å². The quantitative estimate of drug-likeness (QED) is 0.850. The highest BCUT2D eigenvalue weighted by molar-refractivity contribution is 5.85. The highest BCUT2D eigenvalue weighted by Crippen LogP contribution is 2.45. The van der Waals surface area contributed by atoms with Crippen molar-refractivity contribution in [1.82, 2.24) is 10.3 Å². The smallest absolute Gasteiger partial charge is 0.226 e. The normalized spacial score (nSPS) is 16.2. The first-order chi connectivity index (χ1) is 10.4.